The molecule has 1 spiro atoms. The number of nitrogens with one attached hydrogen (secondary N) is 1. The van der Waals surface area contributed by atoms with Crippen molar-refractivity contribution in [1.82, 2.24) is 5.32 Å². The van der Waals surface area contributed by atoms with Gasteiger partial charge < -0.3 is 5.32 Å². The van der Waals surface area contributed by atoms with Gasteiger partial charge in [-0.3, -0.25) is 0 Å². The van der Waals surface area contributed by atoms with Crippen LogP contribution in [0.2, 0.25) is 0 Å². The van der Waals surface area contributed by atoms with E-state index in [1.165, 1.54) is 32.1 Å². The van der Waals surface area contributed by atoms with E-state index >= 15 is 0 Å². The summed E-state index contributed by atoms with van der Waals surface area (Å²) in [5.41, 5.74) is 0.733. The third kappa shape index (κ3) is 1.11. The van der Waals surface area contributed by atoms with Crippen LogP contribution in [0.25, 0.3) is 0 Å². The standard InChI is InChI=1S/C11H19N/c1-3-9(2)12-10-5-8-11(10)6-4-7-11/h3,9-10,12H,1,4-8H2,2H3. The van der Waals surface area contributed by atoms with E-state index in [9.17, 15) is 0 Å². The predicted octanol–water partition coefficient (Wildman–Crippen LogP) is 2.48. The molecule has 2 aliphatic carbocycles. The summed E-state index contributed by atoms with van der Waals surface area (Å²) in [4.78, 5) is 0. The van der Waals surface area contributed by atoms with Crippen molar-refractivity contribution in [1.29, 1.82) is 0 Å². The molecule has 2 aliphatic rings. The molecule has 0 aliphatic heterocycles. The van der Waals surface area contributed by atoms with Crippen LogP contribution in [0.4, 0.5) is 0 Å². The lowest BCUT2D eigenvalue weighted by Crippen LogP contribution is -2.58. The summed E-state index contributed by atoms with van der Waals surface area (Å²) < 4.78 is 0. The van der Waals surface area contributed by atoms with Crippen molar-refractivity contribution in [2.45, 2.75) is 51.1 Å². The molecule has 0 heterocycles. The van der Waals surface area contributed by atoms with Crippen LogP contribution in [-0.4, -0.2) is 12.1 Å². The molecule has 2 atom stereocenters. The summed E-state index contributed by atoms with van der Waals surface area (Å²) in [7, 11) is 0. The summed E-state index contributed by atoms with van der Waals surface area (Å²) in [5.74, 6) is 0. The Morgan fingerprint density at radius 2 is 2.25 bits per heavy atom. The Morgan fingerprint density at radius 1 is 1.50 bits per heavy atom. The van der Waals surface area contributed by atoms with E-state index in [1.54, 1.807) is 0 Å². The molecule has 1 N–H and O–H groups in total. The topological polar surface area (TPSA) is 12.0 Å². The molecule has 1 heteroatoms. The molecule has 0 amide bonds. The molecule has 2 saturated carbocycles. The van der Waals surface area contributed by atoms with Gasteiger partial charge in [0.25, 0.3) is 0 Å². The molecule has 1 nitrogen and oxygen atoms in total. The molecule has 0 aromatic carbocycles. The Bertz CT molecular complexity index is 176. The van der Waals surface area contributed by atoms with Crippen LogP contribution in [0.1, 0.15) is 39.0 Å². The van der Waals surface area contributed by atoms with Crippen LogP contribution < -0.4 is 5.32 Å². The highest BCUT2D eigenvalue weighted by molar-refractivity contribution is 5.06. The van der Waals surface area contributed by atoms with E-state index in [-0.39, 0.29) is 0 Å². The van der Waals surface area contributed by atoms with Crippen molar-refractivity contribution in [2.75, 3.05) is 0 Å². The van der Waals surface area contributed by atoms with Crippen LogP contribution in [0.5, 0.6) is 0 Å². The Hall–Kier alpha value is -0.300. The number of rotatable bonds is 3. The molecule has 0 aromatic heterocycles. The second-order valence-electron chi connectivity index (χ2n) is 4.50. The average Bonchev–Trinajstić information content (AvgIpc) is 1.94. The van der Waals surface area contributed by atoms with Gasteiger partial charge in [-0.15, -0.1) is 6.58 Å². The normalized spacial score (nSPS) is 33.6. The number of hydrogen-bond acceptors (Lipinski definition) is 1. The first-order valence-electron chi connectivity index (χ1n) is 5.15. The molecule has 12 heavy (non-hydrogen) atoms. The molecule has 0 bridgehead atoms. The Balaban J connectivity index is 1.85. The lowest BCUT2D eigenvalue weighted by Gasteiger charge is -2.57. The minimum Gasteiger partial charge on any atom is -0.308 e. The molecule has 0 saturated heterocycles. The summed E-state index contributed by atoms with van der Waals surface area (Å²) in [6, 6.07) is 1.30. The van der Waals surface area contributed by atoms with E-state index in [4.69, 9.17) is 0 Å². The maximum atomic E-state index is 3.80. The molecule has 68 valence electrons. The van der Waals surface area contributed by atoms with Crippen LogP contribution in [-0.2, 0) is 0 Å². The predicted molar refractivity (Wildman–Crippen MR) is 52.1 cm³/mol. The van der Waals surface area contributed by atoms with Gasteiger partial charge in [0.2, 0.25) is 0 Å². The van der Waals surface area contributed by atoms with E-state index < -0.39 is 0 Å². The molecular formula is C11H19N. The second-order valence-corrected chi connectivity index (χ2v) is 4.50. The van der Waals surface area contributed by atoms with Gasteiger partial charge in [-0.25, -0.2) is 0 Å². The molecule has 2 fully saturated rings. The molecule has 0 radical (unpaired) electrons. The summed E-state index contributed by atoms with van der Waals surface area (Å²) in [6.07, 6.45) is 9.25. The van der Waals surface area contributed by atoms with E-state index in [0.717, 1.165) is 11.5 Å². The monoisotopic (exact) mass is 165 g/mol. The molecular weight excluding hydrogens is 146 g/mol. The third-order valence-electron chi connectivity index (χ3n) is 3.84. The quantitative estimate of drug-likeness (QED) is 0.633. The Morgan fingerprint density at radius 3 is 2.58 bits per heavy atom. The van der Waals surface area contributed by atoms with Gasteiger partial charge in [0.15, 0.2) is 0 Å². The van der Waals surface area contributed by atoms with Crippen molar-refractivity contribution in [3.63, 3.8) is 0 Å². The lowest BCUT2D eigenvalue weighted by molar-refractivity contribution is -0.0195. The first-order chi connectivity index (χ1) is 5.77. The maximum absolute atomic E-state index is 3.80. The van der Waals surface area contributed by atoms with Gasteiger partial charge in [-0.2, -0.15) is 0 Å². The molecule has 0 aromatic rings. The third-order valence-corrected chi connectivity index (χ3v) is 3.84. The smallest absolute Gasteiger partial charge is 0.0221 e. The summed E-state index contributed by atoms with van der Waals surface area (Å²) in [5, 5.41) is 3.64. The largest absolute Gasteiger partial charge is 0.308 e. The van der Waals surface area contributed by atoms with Crippen molar-refractivity contribution < 1.29 is 0 Å². The minimum absolute atomic E-state index is 0.493. The van der Waals surface area contributed by atoms with Gasteiger partial charge in [0, 0.05) is 12.1 Å². The summed E-state index contributed by atoms with van der Waals surface area (Å²) >= 11 is 0. The van der Waals surface area contributed by atoms with Gasteiger partial charge in [0.1, 0.15) is 0 Å². The van der Waals surface area contributed by atoms with Crippen LogP contribution >= 0.6 is 0 Å². The average molecular weight is 165 g/mol. The van der Waals surface area contributed by atoms with Crippen molar-refractivity contribution >= 4 is 0 Å². The lowest BCUT2D eigenvalue weighted by atomic mass is 9.53. The fourth-order valence-electron chi connectivity index (χ4n) is 2.57. The van der Waals surface area contributed by atoms with Crippen LogP contribution in [0.15, 0.2) is 12.7 Å². The van der Waals surface area contributed by atoms with Gasteiger partial charge >= 0.3 is 0 Å². The van der Waals surface area contributed by atoms with Crippen molar-refractivity contribution in [3.8, 4) is 0 Å². The van der Waals surface area contributed by atoms with E-state index in [2.05, 4.69) is 18.8 Å². The highest BCUT2D eigenvalue weighted by Gasteiger charge is 2.50. The van der Waals surface area contributed by atoms with Gasteiger partial charge in [0.05, 0.1) is 0 Å². The van der Waals surface area contributed by atoms with Crippen molar-refractivity contribution in [2.24, 2.45) is 5.41 Å². The Kier molecular flexibility index (Phi) is 1.99. The molecule has 2 rings (SSSR count). The SMILES string of the molecule is C=CC(C)NC1CCC12CCC2. The highest BCUT2D eigenvalue weighted by Crippen LogP contribution is 2.55. The first-order valence-corrected chi connectivity index (χ1v) is 5.15. The zero-order valence-corrected chi connectivity index (χ0v) is 7.97. The first kappa shape index (κ1) is 8.31. The highest BCUT2D eigenvalue weighted by atomic mass is 15.0. The number of hydrogen-bond donors (Lipinski definition) is 1. The maximum Gasteiger partial charge on any atom is 0.0221 e. The fourth-order valence-corrected chi connectivity index (χ4v) is 2.57. The van der Waals surface area contributed by atoms with E-state index in [0.29, 0.717) is 6.04 Å². The zero-order valence-electron chi connectivity index (χ0n) is 7.97. The molecule has 2 unspecified atom stereocenters. The van der Waals surface area contributed by atoms with Gasteiger partial charge in [-0.05, 0) is 38.0 Å². The van der Waals surface area contributed by atoms with Crippen LogP contribution in [0.3, 0.4) is 0 Å². The minimum atomic E-state index is 0.493. The summed E-state index contributed by atoms with van der Waals surface area (Å²) in [6.45, 7) is 5.99. The zero-order chi connectivity index (χ0) is 8.60. The van der Waals surface area contributed by atoms with Crippen LogP contribution in [0, 0.1) is 5.41 Å². The Labute approximate surface area is 75.2 Å². The van der Waals surface area contributed by atoms with E-state index in [1.807, 2.05) is 6.08 Å². The second kappa shape index (κ2) is 2.88. The fraction of sp³-hybridized carbons (Fsp3) is 0.818. The van der Waals surface area contributed by atoms with Gasteiger partial charge in [-0.1, -0.05) is 12.5 Å². The van der Waals surface area contributed by atoms with Crippen molar-refractivity contribution in [3.05, 3.63) is 12.7 Å².